The van der Waals surface area contributed by atoms with Crippen LogP contribution in [-0.2, 0) is 0 Å². The van der Waals surface area contributed by atoms with Gasteiger partial charge in [0.1, 0.15) is 5.82 Å². The molecule has 0 spiro atoms. The molecule has 3 nitrogen and oxygen atoms in total. The Morgan fingerprint density at radius 2 is 1.80 bits per heavy atom. The highest BCUT2D eigenvalue weighted by Gasteiger charge is 2.60. The molecule has 1 aromatic rings. The molecule has 1 aromatic carbocycles. The summed E-state index contributed by atoms with van der Waals surface area (Å²) in [6.45, 7) is 9.99. The number of benzene rings is 1. The van der Waals surface area contributed by atoms with Crippen LogP contribution in [0.4, 0.5) is 4.39 Å². The molecule has 1 aliphatic carbocycles. The second-order valence-electron chi connectivity index (χ2n) is 6.99. The quantitative estimate of drug-likeness (QED) is 0.873. The highest BCUT2D eigenvalue weighted by molar-refractivity contribution is 5.96. The number of nitrogens with one attached hydrogen (secondary N) is 1. The van der Waals surface area contributed by atoms with Crippen molar-refractivity contribution in [1.82, 2.24) is 5.32 Å². The van der Waals surface area contributed by atoms with Crippen LogP contribution in [0.3, 0.4) is 0 Å². The lowest BCUT2D eigenvalue weighted by Gasteiger charge is -2.62. The molecule has 3 N–H and O–H groups in total. The van der Waals surface area contributed by atoms with E-state index in [4.69, 9.17) is 5.73 Å². The molecule has 1 aliphatic rings. The van der Waals surface area contributed by atoms with Crippen LogP contribution in [0.2, 0.25) is 0 Å². The minimum Gasteiger partial charge on any atom is -0.348 e. The summed E-state index contributed by atoms with van der Waals surface area (Å²) in [5.74, 6) is -0.635. The maximum Gasteiger partial charge on any atom is 0.251 e. The molecular formula is C16H23FN2O. The summed E-state index contributed by atoms with van der Waals surface area (Å²) in [6, 6.07) is 4.25. The SMILES string of the molecule is Cc1ccc(F)cc1C(=O)NC1C(C)(C)C(N)C1(C)C. The van der Waals surface area contributed by atoms with Gasteiger partial charge in [-0.15, -0.1) is 0 Å². The molecule has 0 saturated heterocycles. The van der Waals surface area contributed by atoms with Gasteiger partial charge >= 0.3 is 0 Å². The summed E-state index contributed by atoms with van der Waals surface area (Å²) in [5, 5.41) is 3.03. The van der Waals surface area contributed by atoms with Crippen molar-refractivity contribution in [1.29, 1.82) is 0 Å². The van der Waals surface area contributed by atoms with E-state index in [-0.39, 0.29) is 28.8 Å². The van der Waals surface area contributed by atoms with Crippen LogP contribution in [0.25, 0.3) is 0 Å². The lowest BCUT2D eigenvalue weighted by Crippen LogP contribution is -2.76. The van der Waals surface area contributed by atoms with Crippen LogP contribution < -0.4 is 11.1 Å². The van der Waals surface area contributed by atoms with Gasteiger partial charge in [0.15, 0.2) is 0 Å². The summed E-state index contributed by atoms with van der Waals surface area (Å²) in [7, 11) is 0. The Hall–Kier alpha value is -1.42. The Bertz CT molecular complexity index is 535. The van der Waals surface area contributed by atoms with Gasteiger partial charge in [0.25, 0.3) is 5.91 Å². The molecule has 0 atom stereocenters. The summed E-state index contributed by atoms with van der Waals surface area (Å²) in [6.07, 6.45) is 0. The van der Waals surface area contributed by atoms with E-state index in [2.05, 4.69) is 5.32 Å². The smallest absolute Gasteiger partial charge is 0.251 e. The van der Waals surface area contributed by atoms with E-state index < -0.39 is 5.82 Å². The third-order valence-corrected chi connectivity index (χ3v) is 4.81. The number of carbonyl (C=O) groups excluding carboxylic acids is 1. The normalized spacial score (nSPS) is 26.8. The number of aryl methyl sites for hydroxylation is 1. The van der Waals surface area contributed by atoms with Gasteiger partial charge in [-0.25, -0.2) is 4.39 Å². The predicted molar refractivity (Wildman–Crippen MR) is 77.9 cm³/mol. The fraction of sp³-hybridized carbons (Fsp3) is 0.562. The fourth-order valence-electron chi connectivity index (χ4n) is 3.60. The van der Waals surface area contributed by atoms with E-state index in [0.29, 0.717) is 5.56 Å². The predicted octanol–water partition coefficient (Wildman–Crippen LogP) is 2.63. The molecular weight excluding hydrogens is 255 g/mol. The Kier molecular flexibility index (Phi) is 3.41. The highest BCUT2D eigenvalue weighted by atomic mass is 19.1. The Morgan fingerprint density at radius 1 is 1.25 bits per heavy atom. The Balaban J connectivity index is 2.22. The van der Waals surface area contributed by atoms with Gasteiger partial charge in [-0.1, -0.05) is 33.8 Å². The van der Waals surface area contributed by atoms with Gasteiger partial charge in [-0.05, 0) is 24.6 Å². The maximum atomic E-state index is 13.3. The number of hydrogen-bond acceptors (Lipinski definition) is 2. The molecule has 0 bridgehead atoms. The first-order valence-electron chi connectivity index (χ1n) is 6.91. The zero-order valence-corrected chi connectivity index (χ0v) is 12.8. The fourth-order valence-corrected chi connectivity index (χ4v) is 3.60. The van der Waals surface area contributed by atoms with Crippen molar-refractivity contribution in [2.45, 2.75) is 46.7 Å². The molecule has 0 aromatic heterocycles. The summed E-state index contributed by atoms with van der Waals surface area (Å²) in [5.41, 5.74) is 7.00. The molecule has 2 rings (SSSR count). The van der Waals surface area contributed by atoms with Crippen LogP contribution in [0.5, 0.6) is 0 Å². The molecule has 0 unspecified atom stereocenters. The second-order valence-corrected chi connectivity index (χ2v) is 6.99. The van der Waals surface area contributed by atoms with Crippen molar-refractivity contribution < 1.29 is 9.18 Å². The summed E-state index contributed by atoms with van der Waals surface area (Å²) >= 11 is 0. The summed E-state index contributed by atoms with van der Waals surface area (Å²) in [4.78, 5) is 12.4. The number of nitrogens with two attached hydrogens (primary N) is 1. The van der Waals surface area contributed by atoms with Crippen molar-refractivity contribution in [3.05, 3.63) is 35.1 Å². The largest absolute Gasteiger partial charge is 0.348 e. The summed E-state index contributed by atoms with van der Waals surface area (Å²) < 4.78 is 13.3. The number of hydrogen-bond donors (Lipinski definition) is 2. The van der Waals surface area contributed by atoms with Gasteiger partial charge in [0.2, 0.25) is 0 Å². The maximum absolute atomic E-state index is 13.3. The van der Waals surface area contributed by atoms with Crippen molar-refractivity contribution in [2.24, 2.45) is 16.6 Å². The van der Waals surface area contributed by atoms with Crippen LogP contribution in [0.15, 0.2) is 18.2 Å². The first-order chi connectivity index (χ1) is 9.08. The Labute approximate surface area is 119 Å². The minimum atomic E-state index is -0.399. The van der Waals surface area contributed by atoms with E-state index in [1.165, 1.54) is 12.1 Å². The van der Waals surface area contributed by atoms with Gasteiger partial charge in [-0.2, -0.15) is 0 Å². The standard InChI is InChI=1S/C16H23FN2O/c1-9-6-7-10(17)8-11(9)12(20)19-14-15(2,3)13(18)16(14,4)5/h6-8,13-14H,18H2,1-5H3,(H,19,20). The zero-order chi connectivity index (χ0) is 15.3. The third kappa shape index (κ3) is 2.12. The number of amides is 1. The van der Waals surface area contributed by atoms with Gasteiger partial charge in [0, 0.05) is 28.5 Å². The average molecular weight is 278 g/mol. The minimum absolute atomic E-state index is 0.0221. The van der Waals surface area contributed by atoms with Gasteiger partial charge < -0.3 is 11.1 Å². The van der Waals surface area contributed by atoms with Crippen molar-refractivity contribution in [2.75, 3.05) is 0 Å². The van der Waals surface area contributed by atoms with Crippen molar-refractivity contribution in [3.63, 3.8) is 0 Å². The molecule has 0 heterocycles. The molecule has 0 radical (unpaired) electrons. The molecule has 20 heavy (non-hydrogen) atoms. The van der Waals surface area contributed by atoms with E-state index in [9.17, 15) is 9.18 Å². The topological polar surface area (TPSA) is 55.1 Å². The van der Waals surface area contributed by atoms with Crippen LogP contribution in [0.1, 0.15) is 43.6 Å². The molecule has 1 amide bonds. The van der Waals surface area contributed by atoms with Gasteiger partial charge in [0.05, 0.1) is 0 Å². The van der Waals surface area contributed by atoms with E-state index in [1.54, 1.807) is 13.0 Å². The van der Waals surface area contributed by atoms with Crippen molar-refractivity contribution >= 4 is 5.91 Å². The van der Waals surface area contributed by atoms with Crippen molar-refractivity contribution in [3.8, 4) is 0 Å². The Morgan fingerprint density at radius 3 is 2.35 bits per heavy atom. The lowest BCUT2D eigenvalue weighted by atomic mass is 9.48. The number of carbonyl (C=O) groups is 1. The number of halogens is 1. The second kappa shape index (κ2) is 4.55. The average Bonchev–Trinajstić information content (AvgIpc) is 2.37. The van der Waals surface area contributed by atoms with Gasteiger partial charge in [-0.3, -0.25) is 4.79 Å². The lowest BCUT2D eigenvalue weighted by molar-refractivity contribution is -0.0663. The van der Waals surface area contributed by atoms with Crippen LogP contribution in [0, 0.1) is 23.6 Å². The molecule has 1 saturated carbocycles. The third-order valence-electron chi connectivity index (χ3n) is 4.81. The monoisotopic (exact) mass is 278 g/mol. The molecule has 110 valence electrons. The van der Waals surface area contributed by atoms with E-state index >= 15 is 0 Å². The molecule has 4 heteroatoms. The first-order valence-corrected chi connectivity index (χ1v) is 6.91. The zero-order valence-electron chi connectivity index (χ0n) is 12.8. The number of rotatable bonds is 2. The van der Waals surface area contributed by atoms with Crippen LogP contribution in [-0.4, -0.2) is 18.0 Å². The molecule has 1 fully saturated rings. The highest BCUT2D eigenvalue weighted by Crippen LogP contribution is 2.52. The molecule has 0 aliphatic heterocycles. The van der Waals surface area contributed by atoms with Crippen LogP contribution >= 0.6 is 0 Å². The van der Waals surface area contributed by atoms with E-state index in [0.717, 1.165) is 5.56 Å². The van der Waals surface area contributed by atoms with E-state index in [1.807, 2.05) is 27.7 Å². The first kappa shape index (κ1) is 15.0.